The Kier molecular flexibility index (Phi) is 8.18. The predicted molar refractivity (Wildman–Crippen MR) is 113 cm³/mol. The van der Waals surface area contributed by atoms with Crippen molar-refractivity contribution in [3.63, 3.8) is 0 Å². The molecule has 0 aliphatic rings. The van der Waals surface area contributed by atoms with E-state index in [2.05, 4.69) is 22.0 Å². The summed E-state index contributed by atoms with van der Waals surface area (Å²) in [5.41, 5.74) is 0.502. The second-order valence-electron chi connectivity index (χ2n) is 8.11. The Morgan fingerprint density at radius 2 is 1.94 bits per heavy atom. The van der Waals surface area contributed by atoms with Crippen LogP contribution in [0, 0.1) is 5.82 Å². The number of nitrogens with zero attached hydrogens (tertiary/aromatic N) is 4. The summed E-state index contributed by atoms with van der Waals surface area (Å²) < 4.78 is 18.3. The number of esters is 1. The summed E-state index contributed by atoms with van der Waals surface area (Å²) in [5, 5.41) is 33.2. The number of hydrogen-bond acceptors (Lipinski definition) is 7. The zero-order valence-electron chi connectivity index (χ0n) is 18.2. The average Bonchev–Trinajstić information content (AvgIpc) is 3.19. The minimum Gasteiger partial charge on any atom is -0.465 e. The molecule has 8 nitrogen and oxygen atoms in total. The number of rotatable bonds is 9. The molecule has 9 heteroatoms. The van der Waals surface area contributed by atoms with Gasteiger partial charge < -0.3 is 14.9 Å². The van der Waals surface area contributed by atoms with Crippen LogP contribution >= 0.6 is 0 Å². The highest BCUT2D eigenvalue weighted by Crippen LogP contribution is 2.25. The van der Waals surface area contributed by atoms with Crippen molar-refractivity contribution >= 4 is 11.5 Å². The van der Waals surface area contributed by atoms with Crippen LogP contribution in [0.3, 0.4) is 0 Å². The summed E-state index contributed by atoms with van der Waals surface area (Å²) in [6.07, 6.45) is 0.473. The van der Waals surface area contributed by atoms with Gasteiger partial charge in [-0.05, 0) is 50.6 Å². The molecule has 1 aromatic heterocycles. The van der Waals surface area contributed by atoms with Crippen molar-refractivity contribution in [1.82, 2.24) is 20.2 Å². The van der Waals surface area contributed by atoms with Gasteiger partial charge in [-0.3, -0.25) is 4.79 Å². The molecule has 0 saturated carbocycles. The molecule has 3 unspecified atom stereocenters. The zero-order chi connectivity index (χ0) is 23.2. The van der Waals surface area contributed by atoms with E-state index in [-0.39, 0.29) is 18.6 Å². The third-order valence-electron chi connectivity index (χ3n) is 4.46. The van der Waals surface area contributed by atoms with Crippen LogP contribution in [0.25, 0.3) is 5.57 Å². The van der Waals surface area contributed by atoms with Gasteiger partial charge in [0.1, 0.15) is 11.7 Å². The molecule has 31 heavy (non-hydrogen) atoms. The number of allylic oxidation sites excluding steroid dienone is 2. The lowest BCUT2D eigenvalue weighted by atomic mass is 9.90. The number of aliphatic hydroxyl groups is 2. The van der Waals surface area contributed by atoms with Gasteiger partial charge in [-0.2, -0.15) is 4.80 Å². The summed E-state index contributed by atoms with van der Waals surface area (Å²) in [6.45, 7) is 11.5. The summed E-state index contributed by atoms with van der Waals surface area (Å²) in [5.74, 6) is -1.85. The SMILES string of the molecule is C=C(C=CC(O)CC(O)C(C(=O)OCC)c1ccc(F)cc1)c1nnn(C(C)(C)C)n1. The second-order valence-corrected chi connectivity index (χ2v) is 8.11. The molecule has 168 valence electrons. The molecule has 0 amide bonds. The number of aromatic nitrogens is 4. The smallest absolute Gasteiger partial charge is 0.316 e. The maximum atomic E-state index is 13.2. The summed E-state index contributed by atoms with van der Waals surface area (Å²) in [7, 11) is 0. The van der Waals surface area contributed by atoms with Gasteiger partial charge >= 0.3 is 5.97 Å². The molecule has 1 aromatic carbocycles. The summed E-state index contributed by atoms with van der Waals surface area (Å²) in [4.78, 5) is 13.8. The van der Waals surface area contributed by atoms with Crippen LogP contribution < -0.4 is 0 Å². The van der Waals surface area contributed by atoms with E-state index in [4.69, 9.17) is 4.74 Å². The third-order valence-corrected chi connectivity index (χ3v) is 4.46. The van der Waals surface area contributed by atoms with Gasteiger partial charge in [0.05, 0.1) is 24.4 Å². The zero-order valence-corrected chi connectivity index (χ0v) is 18.2. The van der Waals surface area contributed by atoms with Gasteiger partial charge in [-0.15, -0.1) is 10.2 Å². The largest absolute Gasteiger partial charge is 0.465 e. The first-order chi connectivity index (χ1) is 14.5. The molecule has 2 rings (SSSR count). The molecule has 0 saturated heterocycles. The fourth-order valence-electron chi connectivity index (χ4n) is 2.81. The highest BCUT2D eigenvalue weighted by Gasteiger charge is 2.31. The molecule has 1 heterocycles. The van der Waals surface area contributed by atoms with Gasteiger partial charge in [0.25, 0.3) is 0 Å². The van der Waals surface area contributed by atoms with Crippen LogP contribution in [0.2, 0.25) is 0 Å². The Bertz CT molecular complexity index is 918. The van der Waals surface area contributed by atoms with Gasteiger partial charge in [-0.1, -0.05) is 30.9 Å². The van der Waals surface area contributed by atoms with Crippen molar-refractivity contribution in [3.8, 4) is 0 Å². The Balaban J connectivity index is 2.07. The van der Waals surface area contributed by atoms with Crippen molar-refractivity contribution in [2.75, 3.05) is 6.61 Å². The molecule has 0 radical (unpaired) electrons. The molecule has 2 aromatic rings. The molecule has 3 atom stereocenters. The van der Waals surface area contributed by atoms with E-state index in [0.29, 0.717) is 17.0 Å². The van der Waals surface area contributed by atoms with Gasteiger partial charge in [0, 0.05) is 12.0 Å². The Morgan fingerprint density at radius 1 is 1.29 bits per heavy atom. The number of tetrazole rings is 1. The normalized spacial score (nSPS) is 14.9. The second kappa shape index (κ2) is 10.4. The third kappa shape index (κ3) is 6.80. The number of carbonyl (C=O) groups excluding carboxylic acids is 1. The monoisotopic (exact) mass is 432 g/mol. The van der Waals surface area contributed by atoms with Crippen molar-refractivity contribution in [3.05, 3.63) is 60.2 Å². The van der Waals surface area contributed by atoms with Crippen LogP contribution in [-0.4, -0.2) is 55.2 Å². The van der Waals surface area contributed by atoms with Crippen molar-refractivity contribution in [2.45, 2.75) is 57.8 Å². The van der Waals surface area contributed by atoms with E-state index < -0.39 is 29.9 Å². The standard InChI is InChI=1S/C22H29FN4O4/c1-6-31-21(30)19(15-8-10-16(23)11-9-15)18(29)13-17(28)12-7-14(2)20-24-26-27(25-20)22(3,4)5/h7-12,17-19,28-29H,2,6,13H2,1,3-5H3. The number of ether oxygens (including phenoxy) is 1. The number of carbonyl (C=O) groups is 1. The van der Waals surface area contributed by atoms with E-state index in [1.807, 2.05) is 20.8 Å². The highest BCUT2D eigenvalue weighted by atomic mass is 19.1. The molecule has 0 spiro atoms. The first-order valence-corrected chi connectivity index (χ1v) is 9.99. The Labute approximate surface area is 181 Å². The molecule has 0 fully saturated rings. The van der Waals surface area contributed by atoms with Crippen molar-refractivity contribution in [2.24, 2.45) is 0 Å². The molecule has 0 aliphatic heterocycles. The van der Waals surface area contributed by atoms with Crippen LogP contribution in [0.1, 0.15) is 51.4 Å². The average molecular weight is 432 g/mol. The molecular formula is C22H29FN4O4. The van der Waals surface area contributed by atoms with Gasteiger partial charge in [0.2, 0.25) is 5.82 Å². The van der Waals surface area contributed by atoms with Gasteiger partial charge in [0.15, 0.2) is 0 Å². The predicted octanol–water partition coefficient (Wildman–Crippen LogP) is 2.60. The van der Waals surface area contributed by atoms with Crippen LogP contribution in [-0.2, 0) is 15.1 Å². The van der Waals surface area contributed by atoms with Crippen molar-refractivity contribution in [1.29, 1.82) is 0 Å². The lowest BCUT2D eigenvalue weighted by Crippen LogP contribution is -2.30. The van der Waals surface area contributed by atoms with Crippen LogP contribution in [0.4, 0.5) is 4.39 Å². The molecule has 2 N–H and O–H groups in total. The van der Waals surface area contributed by atoms with E-state index in [9.17, 15) is 19.4 Å². The van der Waals surface area contributed by atoms with E-state index in [1.54, 1.807) is 6.92 Å². The van der Waals surface area contributed by atoms with Crippen LogP contribution in [0.15, 0.2) is 43.0 Å². The molecule has 0 bridgehead atoms. The maximum absolute atomic E-state index is 13.2. The number of halogens is 1. The minimum absolute atomic E-state index is 0.133. The van der Waals surface area contributed by atoms with Gasteiger partial charge in [-0.25, -0.2) is 4.39 Å². The quantitative estimate of drug-likeness (QED) is 0.463. The fourth-order valence-corrected chi connectivity index (χ4v) is 2.81. The number of hydrogen-bond donors (Lipinski definition) is 2. The Hall–Kier alpha value is -2.91. The summed E-state index contributed by atoms with van der Waals surface area (Å²) in [6, 6.07) is 5.22. The fraction of sp³-hybridized carbons (Fsp3) is 0.455. The topological polar surface area (TPSA) is 110 Å². The van der Waals surface area contributed by atoms with Crippen LogP contribution in [0.5, 0.6) is 0 Å². The first kappa shape index (κ1) is 24.4. The maximum Gasteiger partial charge on any atom is 0.316 e. The number of aliphatic hydroxyl groups excluding tert-OH is 2. The van der Waals surface area contributed by atoms with E-state index in [0.717, 1.165) is 0 Å². The lowest BCUT2D eigenvalue weighted by Gasteiger charge is -2.23. The van der Waals surface area contributed by atoms with E-state index >= 15 is 0 Å². The minimum atomic E-state index is -1.25. The molecular weight excluding hydrogens is 403 g/mol. The van der Waals surface area contributed by atoms with E-state index in [1.165, 1.54) is 41.2 Å². The molecule has 0 aliphatic carbocycles. The summed E-state index contributed by atoms with van der Waals surface area (Å²) >= 11 is 0. The highest BCUT2D eigenvalue weighted by molar-refractivity contribution is 5.79. The van der Waals surface area contributed by atoms with Crippen molar-refractivity contribution < 1.29 is 24.1 Å². The number of benzene rings is 1. The lowest BCUT2D eigenvalue weighted by molar-refractivity contribution is -0.148. The Morgan fingerprint density at radius 3 is 2.48 bits per heavy atom. The first-order valence-electron chi connectivity index (χ1n) is 9.99.